The van der Waals surface area contributed by atoms with E-state index in [1.807, 2.05) is 0 Å². The SMILES string of the molecule is CC(C)[C@@H]1CC/C=C\CCC(=O)C[C@H]1O[Si](C)(C)C(C)(C)C. The molecule has 0 bridgehead atoms. The Morgan fingerprint density at radius 3 is 2.32 bits per heavy atom. The quantitative estimate of drug-likeness (QED) is 0.489. The zero-order valence-corrected chi connectivity index (χ0v) is 16.7. The Balaban J connectivity index is 2.99. The lowest BCUT2D eigenvalue weighted by Gasteiger charge is -2.42. The van der Waals surface area contributed by atoms with E-state index < -0.39 is 8.32 Å². The minimum atomic E-state index is -1.85. The summed E-state index contributed by atoms with van der Waals surface area (Å²) < 4.78 is 6.71. The third-order valence-electron chi connectivity index (χ3n) is 5.44. The van der Waals surface area contributed by atoms with Crippen molar-refractivity contribution in [3.8, 4) is 0 Å². The van der Waals surface area contributed by atoms with Gasteiger partial charge in [-0.15, -0.1) is 0 Å². The summed E-state index contributed by atoms with van der Waals surface area (Å²) in [6.45, 7) is 16.0. The summed E-state index contributed by atoms with van der Waals surface area (Å²) in [4.78, 5) is 12.3. The van der Waals surface area contributed by atoms with E-state index in [1.165, 1.54) is 0 Å². The van der Waals surface area contributed by atoms with E-state index in [2.05, 4.69) is 59.9 Å². The monoisotopic (exact) mass is 324 g/mol. The standard InChI is InChI=1S/C19H36O2Si/c1-15(2)17-13-11-9-8-10-12-16(20)14-18(17)21-22(6,7)19(3,4)5/h8-9,15,17-18H,10-14H2,1-7H3/b9-8-/t17-,18+/m0/s1. The van der Waals surface area contributed by atoms with Crippen LogP contribution in [0.3, 0.4) is 0 Å². The molecule has 22 heavy (non-hydrogen) atoms. The van der Waals surface area contributed by atoms with Crippen LogP contribution in [0.1, 0.15) is 66.7 Å². The summed E-state index contributed by atoms with van der Waals surface area (Å²) in [5, 5.41) is 0.187. The molecule has 0 fully saturated rings. The van der Waals surface area contributed by atoms with E-state index in [1.54, 1.807) is 0 Å². The minimum Gasteiger partial charge on any atom is -0.413 e. The van der Waals surface area contributed by atoms with Crippen molar-refractivity contribution in [3.05, 3.63) is 12.2 Å². The van der Waals surface area contributed by atoms with Crippen molar-refractivity contribution in [1.29, 1.82) is 0 Å². The number of carbonyl (C=O) groups is 1. The third kappa shape index (κ3) is 5.66. The Labute approximate surface area is 138 Å². The van der Waals surface area contributed by atoms with Gasteiger partial charge in [0.25, 0.3) is 0 Å². The van der Waals surface area contributed by atoms with Gasteiger partial charge < -0.3 is 4.43 Å². The van der Waals surface area contributed by atoms with Crippen LogP contribution in [0.5, 0.6) is 0 Å². The summed E-state index contributed by atoms with van der Waals surface area (Å²) in [5.41, 5.74) is 0. The molecule has 0 spiro atoms. The summed E-state index contributed by atoms with van der Waals surface area (Å²) in [7, 11) is -1.85. The van der Waals surface area contributed by atoms with Crippen LogP contribution in [0, 0.1) is 11.8 Å². The molecule has 2 nitrogen and oxygen atoms in total. The van der Waals surface area contributed by atoms with Crippen LogP contribution in [0.2, 0.25) is 18.1 Å². The van der Waals surface area contributed by atoms with Crippen LogP contribution in [-0.4, -0.2) is 20.2 Å². The van der Waals surface area contributed by atoms with Gasteiger partial charge in [0.05, 0.1) is 6.10 Å². The first-order valence-corrected chi connectivity index (χ1v) is 11.8. The largest absolute Gasteiger partial charge is 0.413 e. The predicted molar refractivity (Wildman–Crippen MR) is 97.6 cm³/mol. The van der Waals surface area contributed by atoms with Crippen molar-refractivity contribution in [2.75, 3.05) is 0 Å². The molecule has 0 N–H and O–H groups in total. The molecule has 3 heteroatoms. The van der Waals surface area contributed by atoms with Gasteiger partial charge in [0.2, 0.25) is 0 Å². The maximum absolute atomic E-state index is 12.3. The van der Waals surface area contributed by atoms with Crippen LogP contribution in [0.15, 0.2) is 12.2 Å². The summed E-state index contributed by atoms with van der Waals surface area (Å²) in [6.07, 6.45) is 8.90. The number of carbonyl (C=O) groups excluding carboxylic acids is 1. The summed E-state index contributed by atoms with van der Waals surface area (Å²) >= 11 is 0. The van der Waals surface area contributed by atoms with Gasteiger partial charge >= 0.3 is 0 Å². The molecule has 0 unspecified atom stereocenters. The second-order valence-electron chi connectivity index (χ2n) is 8.65. The zero-order chi connectivity index (χ0) is 17.0. The molecule has 0 saturated carbocycles. The van der Waals surface area contributed by atoms with Gasteiger partial charge in [-0.25, -0.2) is 0 Å². The van der Waals surface area contributed by atoms with E-state index in [4.69, 9.17) is 4.43 Å². The highest BCUT2D eigenvalue weighted by Crippen LogP contribution is 2.40. The van der Waals surface area contributed by atoms with E-state index >= 15 is 0 Å². The molecule has 0 aromatic carbocycles. The van der Waals surface area contributed by atoms with Crippen LogP contribution in [-0.2, 0) is 9.22 Å². The molecule has 0 amide bonds. The number of Topliss-reactive ketones (excluding diaryl/α,β-unsaturated/α-hetero) is 1. The Morgan fingerprint density at radius 2 is 1.77 bits per heavy atom. The lowest BCUT2D eigenvalue weighted by Crippen LogP contribution is -2.47. The Kier molecular flexibility index (Phi) is 7.06. The van der Waals surface area contributed by atoms with Crippen LogP contribution in [0.25, 0.3) is 0 Å². The van der Waals surface area contributed by atoms with Crippen molar-refractivity contribution in [3.63, 3.8) is 0 Å². The van der Waals surface area contributed by atoms with Gasteiger partial charge in [-0.2, -0.15) is 0 Å². The molecule has 0 aromatic heterocycles. The van der Waals surface area contributed by atoms with Crippen molar-refractivity contribution < 1.29 is 9.22 Å². The van der Waals surface area contributed by atoms with Crippen molar-refractivity contribution >= 4 is 14.1 Å². The van der Waals surface area contributed by atoms with Crippen molar-refractivity contribution in [1.82, 2.24) is 0 Å². The number of hydrogen-bond acceptors (Lipinski definition) is 2. The lowest BCUT2D eigenvalue weighted by atomic mass is 9.83. The van der Waals surface area contributed by atoms with E-state index in [-0.39, 0.29) is 11.1 Å². The normalized spacial score (nSPS) is 27.0. The zero-order valence-electron chi connectivity index (χ0n) is 15.7. The number of ketones is 1. The maximum atomic E-state index is 12.3. The summed E-state index contributed by atoms with van der Waals surface area (Å²) in [6, 6.07) is 0. The van der Waals surface area contributed by atoms with E-state index in [0.717, 1.165) is 19.3 Å². The Bertz CT molecular complexity index is 391. The molecular formula is C19H36O2Si. The Morgan fingerprint density at radius 1 is 1.18 bits per heavy atom. The smallest absolute Gasteiger partial charge is 0.192 e. The van der Waals surface area contributed by atoms with Crippen molar-refractivity contribution in [2.24, 2.45) is 11.8 Å². The van der Waals surface area contributed by atoms with Gasteiger partial charge in [0.1, 0.15) is 5.78 Å². The second-order valence-corrected chi connectivity index (χ2v) is 13.4. The second kappa shape index (κ2) is 7.92. The van der Waals surface area contributed by atoms with Crippen LogP contribution in [0.4, 0.5) is 0 Å². The van der Waals surface area contributed by atoms with Gasteiger partial charge in [-0.1, -0.05) is 46.8 Å². The van der Waals surface area contributed by atoms with Gasteiger partial charge in [-0.05, 0) is 49.2 Å². The average molecular weight is 325 g/mol. The van der Waals surface area contributed by atoms with Gasteiger partial charge in [0.15, 0.2) is 8.32 Å². The average Bonchev–Trinajstić information content (AvgIpc) is 2.34. The molecule has 0 aliphatic heterocycles. The lowest BCUT2D eigenvalue weighted by molar-refractivity contribution is -0.121. The van der Waals surface area contributed by atoms with Crippen molar-refractivity contribution in [2.45, 2.75) is 91.0 Å². The number of allylic oxidation sites excluding steroid dienone is 2. The molecule has 1 aliphatic carbocycles. The molecule has 2 atom stereocenters. The van der Waals surface area contributed by atoms with Gasteiger partial charge in [-0.3, -0.25) is 4.79 Å². The molecular weight excluding hydrogens is 288 g/mol. The highest BCUT2D eigenvalue weighted by molar-refractivity contribution is 6.74. The molecule has 1 aliphatic rings. The predicted octanol–water partition coefficient (Wildman–Crippen LogP) is 5.74. The highest BCUT2D eigenvalue weighted by atomic mass is 28.4. The van der Waals surface area contributed by atoms with E-state index in [9.17, 15) is 4.79 Å². The highest BCUT2D eigenvalue weighted by Gasteiger charge is 2.41. The molecule has 128 valence electrons. The first-order chi connectivity index (χ1) is 10.0. The third-order valence-corrected chi connectivity index (χ3v) is 9.94. The first-order valence-electron chi connectivity index (χ1n) is 8.89. The Hall–Kier alpha value is -0.413. The van der Waals surface area contributed by atoms with Crippen LogP contribution >= 0.6 is 0 Å². The maximum Gasteiger partial charge on any atom is 0.192 e. The molecule has 1 rings (SSSR count). The minimum absolute atomic E-state index is 0.0971. The van der Waals surface area contributed by atoms with Gasteiger partial charge in [0, 0.05) is 12.8 Å². The molecule has 0 radical (unpaired) electrons. The molecule has 0 saturated heterocycles. The number of hydrogen-bond donors (Lipinski definition) is 0. The fraction of sp³-hybridized carbons (Fsp3) is 0.842. The fourth-order valence-corrected chi connectivity index (χ4v) is 4.25. The fourth-order valence-electron chi connectivity index (χ4n) is 2.88. The van der Waals surface area contributed by atoms with E-state index in [0.29, 0.717) is 30.5 Å². The van der Waals surface area contributed by atoms with Crippen LogP contribution < -0.4 is 0 Å². The molecule has 0 heterocycles. The number of rotatable bonds is 3. The topological polar surface area (TPSA) is 26.3 Å². The first kappa shape index (κ1) is 19.6. The molecule has 0 aromatic rings. The summed E-state index contributed by atoms with van der Waals surface area (Å²) in [5.74, 6) is 1.39.